The lowest BCUT2D eigenvalue weighted by Crippen LogP contribution is -2.00. The molecule has 0 aliphatic heterocycles. The van der Waals surface area contributed by atoms with Crippen molar-refractivity contribution in [2.45, 2.75) is 20.8 Å². The minimum Gasteiger partial charge on any atom is -0.398 e. The first-order chi connectivity index (χ1) is 7.34. The van der Waals surface area contributed by atoms with Crippen LogP contribution in [0.1, 0.15) is 32.6 Å². The fraction of sp³-hybridized carbons (Fsp3) is 0.250. The summed E-state index contributed by atoms with van der Waals surface area (Å²) in [4.78, 5) is 12.9. The van der Waals surface area contributed by atoms with Crippen LogP contribution in [0.5, 0.6) is 0 Å². The highest BCUT2D eigenvalue weighted by molar-refractivity contribution is 7.14. The summed E-state index contributed by atoms with van der Waals surface area (Å²) in [6.45, 7) is 8.32. The van der Waals surface area contributed by atoms with Gasteiger partial charge in [0.15, 0.2) is 5.78 Å². The van der Waals surface area contributed by atoms with Gasteiger partial charge in [0.25, 0.3) is 0 Å². The second-order valence-corrected chi connectivity index (χ2v) is 4.81. The predicted octanol–water partition coefficient (Wildman–Crippen LogP) is 3.35. The highest BCUT2D eigenvalue weighted by atomic mass is 32.1. The lowest BCUT2D eigenvalue weighted by molar-refractivity contribution is 0.102. The normalized spacial score (nSPS) is 11.6. The van der Waals surface area contributed by atoms with Crippen LogP contribution in [-0.2, 0) is 0 Å². The van der Waals surface area contributed by atoms with E-state index in [4.69, 9.17) is 5.73 Å². The zero-order valence-electron chi connectivity index (χ0n) is 9.56. The van der Waals surface area contributed by atoms with Crippen molar-refractivity contribution in [2.75, 3.05) is 0 Å². The smallest absolute Gasteiger partial charge is 0.170 e. The Morgan fingerprint density at radius 3 is 2.44 bits per heavy atom. The van der Waals surface area contributed by atoms with Crippen molar-refractivity contribution < 1.29 is 9.18 Å². The third-order valence-electron chi connectivity index (χ3n) is 2.24. The largest absolute Gasteiger partial charge is 0.398 e. The Morgan fingerprint density at radius 2 is 2.06 bits per heavy atom. The van der Waals surface area contributed by atoms with Crippen LogP contribution in [0.25, 0.3) is 5.70 Å². The van der Waals surface area contributed by atoms with E-state index in [1.165, 1.54) is 24.3 Å². The van der Waals surface area contributed by atoms with Gasteiger partial charge in [-0.3, -0.25) is 4.79 Å². The first kappa shape index (κ1) is 12.6. The minimum absolute atomic E-state index is 0.00345. The Morgan fingerprint density at radius 1 is 1.50 bits per heavy atom. The summed E-state index contributed by atoms with van der Waals surface area (Å²) < 4.78 is 12.7. The number of ketones is 1. The van der Waals surface area contributed by atoms with Crippen LogP contribution >= 0.6 is 11.3 Å². The molecular formula is C12H14FNOS. The summed E-state index contributed by atoms with van der Waals surface area (Å²) >= 11 is 1.38. The molecule has 0 saturated heterocycles. The monoisotopic (exact) mass is 239 g/mol. The molecule has 0 unspecified atom stereocenters. The molecular weight excluding hydrogens is 225 g/mol. The Labute approximate surface area is 98.3 Å². The molecule has 0 bridgehead atoms. The molecule has 1 aromatic rings. The van der Waals surface area contributed by atoms with Crippen LogP contribution in [0.3, 0.4) is 0 Å². The van der Waals surface area contributed by atoms with Crippen molar-refractivity contribution in [1.82, 2.24) is 0 Å². The van der Waals surface area contributed by atoms with E-state index >= 15 is 0 Å². The van der Waals surface area contributed by atoms with Gasteiger partial charge >= 0.3 is 0 Å². The number of hydrogen-bond acceptors (Lipinski definition) is 3. The maximum Gasteiger partial charge on any atom is 0.170 e. The van der Waals surface area contributed by atoms with Crippen molar-refractivity contribution in [3.63, 3.8) is 0 Å². The molecule has 0 aliphatic rings. The molecule has 1 heterocycles. The topological polar surface area (TPSA) is 43.1 Å². The van der Waals surface area contributed by atoms with E-state index in [1.54, 1.807) is 0 Å². The number of thiophene rings is 1. The van der Waals surface area contributed by atoms with Gasteiger partial charge in [0, 0.05) is 16.1 Å². The summed E-state index contributed by atoms with van der Waals surface area (Å²) in [5.41, 5.74) is 7.63. The van der Waals surface area contributed by atoms with Gasteiger partial charge in [-0.05, 0) is 32.4 Å². The summed E-state index contributed by atoms with van der Waals surface area (Å²) in [5, 5.41) is 0. The summed E-state index contributed by atoms with van der Waals surface area (Å²) in [6.07, 6.45) is 1.17. The number of halogens is 1. The summed E-state index contributed by atoms with van der Waals surface area (Å²) in [5.74, 6) is -0.587. The molecule has 1 aromatic heterocycles. The van der Waals surface area contributed by atoms with Gasteiger partial charge in [-0.1, -0.05) is 6.58 Å². The van der Waals surface area contributed by atoms with Gasteiger partial charge < -0.3 is 5.73 Å². The van der Waals surface area contributed by atoms with Crippen LogP contribution < -0.4 is 5.73 Å². The van der Waals surface area contributed by atoms with Crippen LogP contribution in [0, 0.1) is 13.8 Å². The lowest BCUT2D eigenvalue weighted by atomic mass is 10.1. The number of rotatable bonds is 3. The van der Waals surface area contributed by atoms with E-state index in [1.807, 2.05) is 13.8 Å². The standard InChI is InChI=1S/C12H14FNOS/c1-6(13)5-10(14)11-7(2)12(8(3)15)16-9(11)4/h5H,1,14H2,2-4H3/b10-5+. The Hall–Kier alpha value is -1.42. The molecule has 2 nitrogen and oxygen atoms in total. The second kappa shape index (κ2) is 4.61. The second-order valence-electron chi connectivity index (χ2n) is 3.59. The van der Waals surface area contributed by atoms with Crippen molar-refractivity contribution in [3.05, 3.63) is 39.4 Å². The molecule has 86 valence electrons. The highest BCUT2D eigenvalue weighted by Gasteiger charge is 2.16. The number of allylic oxidation sites excluding steroid dienone is 2. The number of carbonyl (C=O) groups is 1. The fourth-order valence-corrected chi connectivity index (χ4v) is 2.73. The zero-order chi connectivity index (χ0) is 12.5. The molecule has 2 N–H and O–H groups in total. The molecule has 0 radical (unpaired) electrons. The van der Waals surface area contributed by atoms with Gasteiger partial charge in [0.2, 0.25) is 0 Å². The third kappa shape index (κ3) is 2.39. The molecule has 1 rings (SSSR count). The van der Waals surface area contributed by atoms with Crippen LogP contribution in [0.15, 0.2) is 18.5 Å². The minimum atomic E-state index is -0.591. The first-order valence-electron chi connectivity index (χ1n) is 4.77. The maximum atomic E-state index is 12.7. The Bertz CT molecular complexity index is 485. The Balaban J connectivity index is 3.35. The van der Waals surface area contributed by atoms with E-state index < -0.39 is 5.83 Å². The molecule has 0 aliphatic carbocycles. The number of aryl methyl sites for hydroxylation is 1. The first-order valence-corrected chi connectivity index (χ1v) is 5.59. The van der Waals surface area contributed by atoms with Gasteiger partial charge in [-0.2, -0.15) is 0 Å². The molecule has 0 aromatic carbocycles. The van der Waals surface area contributed by atoms with Gasteiger partial charge in [0.1, 0.15) is 5.83 Å². The number of hydrogen-bond donors (Lipinski definition) is 1. The van der Waals surface area contributed by atoms with E-state index in [9.17, 15) is 9.18 Å². The average Bonchev–Trinajstić information content (AvgIpc) is 2.40. The van der Waals surface area contributed by atoms with E-state index in [2.05, 4.69) is 6.58 Å². The average molecular weight is 239 g/mol. The van der Waals surface area contributed by atoms with Crippen molar-refractivity contribution in [1.29, 1.82) is 0 Å². The number of carbonyl (C=O) groups excluding carboxylic acids is 1. The molecule has 0 spiro atoms. The van der Waals surface area contributed by atoms with E-state index in [-0.39, 0.29) is 5.78 Å². The third-order valence-corrected chi connectivity index (χ3v) is 3.55. The molecule has 0 atom stereocenters. The fourth-order valence-electron chi connectivity index (χ4n) is 1.65. The maximum absolute atomic E-state index is 12.7. The van der Waals surface area contributed by atoms with Gasteiger partial charge in [-0.25, -0.2) is 4.39 Å². The summed E-state index contributed by atoms with van der Waals surface area (Å²) in [7, 11) is 0. The molecule has 0 saturated carbocycles. The molecule has 0 amide bonds. The van der Waals surface area contributed by atoms with Gasteiger partial charge in [-0.15, -0.1) is 11.3 Å². The lowest BCUT2D eigenvalue weighted by Gasteiger charge is -2.02. The molecule has 4 heteroatoms. The number of Topliss-reactive ketones (excluding diaryl/α,β-unsaturated/α-hetero) is 1. The SMILES string of the molecule is C=C(F)/C=C(/N)c1c(C)sc(C(C)=O)c1C. The van der Waals surface area contributed by atoms with Crippen LogP contribution in [0.2, 0.25) is 0 Å². The quantitative estimate of drug-likeness (QED) is 0.649. The Kier molecular flexibility index (Phi) is 3.65. The highest BCUT2D eigenvalue weighted by Crippen LogP contribution is 2.31. The van der Waals surface area contributed by atoms with Crippen molar-refractivity contribution in [3.8, 4) is 0 Å². The van der Waals surface area contributed by atoms with Gasteiger partial charge in [0.05, 0.1) is 4.88 Å². The van der Waals surface area contributed by atoms with Crippen molar-refractivity contribution in [2.24, 2.45) is 5.73 Å². The number of nitrogens with two attached hydrogens (primary N) is 1. The van der Waals surface area contributed by atoms with E-state index in [0.717, 1.165) is 16.0 Å². The predicted molar refractivity (Wildman–Crippen MR) is 66.2 cm³/mol. The summed E-state index contributed by atoms with van der Waals surface area (Å²) in [6, 6.07) is 0. The van der Waals surface area contributed by atoms with Crippen molar-refractivity contribution >= 4 is 22.8 Å². The molecule has 16 heavy (non-hydrogen) atoms. The zero-order valence-corrected chi connectivity index (χ0v) is 10.4. The van der Waals surface area contributed by atoms with Crippen LogP contribution in [-0.4, -0.2) is 5.78 Å². The van der Waals surface area contributed by atoms with Crippen LogP contribution in [0.4, 0.5) is 4.39 Å². The molecule has 0 fully saturated rings. The van der Waals surface area contributed by atoms with E-state index in [0.29, 0.717) is 10.6 Å².